The monoisotopic (exact) mass is 334 g/mol. The molecule has 5 nitrogen and oxygen atoms in total. The number of carbonyl (C=O) groups is 1. The number of benzene rings is 1. The summed E-state index contributed by atoms with van der Waals surface area (Å²) in [5.41, 5.74) is 1.17. The van der Waals surface area contributed by atoms with Crippen molar-refractivity contribution in [1.82, 2.24) is 10.2 Å². The van der Waals surface area contributed by atoms with Gasteiger partial charge in [0.2, 0.25) is 0 Å². The molecule has 1 N–H and O–H groups in total. The van der Waals surface area contributed by atoms with Crippen LogP contribution in [0.4, 0.5) is 4.79 Å². The molecule has 0 spiro atoms. The van der Waals surface area contributed by atoms with Gasteiger partial charge in [-0.25, -0.2) is 4.79 Å². The number of carbonyl (C=O) groups excluding carboxylic acids is 1. The summed E-state index contributed by atoms with van der Waals surface area (Å²) in [5.74, 6) is 1.46. The van der Waals surface area contributed by atoms with Crippen LogP contribution in [0.2, 0.25) is 0 Å². The first-order chi connectivity index (χ1) is 11.7. The number of nitrogens with zero attached hydrogens (tertiary/aromatic N) is 1. The molecule has 1 aliphatic heterocycles. The van der Waals surface area contributed by atoms with Gasteiger partial charge in [-0.2, -0.15) is 0 Å². The molecule has 0 aromatic heterocycles. The van der Waals surface area contributed by atoms with Gasteiger partial charge in [0.25, 0.3) is 0 Å². The van der Waals surface area contributed by atoms with E-state index in [1.54, 1.807) is 14.2 Å². The van der Waals surface area contributed by atoms with Crippen molar-refractivity contribution in [1.29, 1.82) is 0 Å². The molecule has 2 rings (SSSR count). The predicted octanol–water partition coefficient (Wildman–Crippen LogP) is 3.09. The summed E-state index contributed by atoms with van der Waals surface area (Å²) in [5, 5.41) is 3.05. The molecule has 1 aromatic rings. The fourth-order valence-corrected chi connectivity index (χ4v) is 3.26. The van der Waals surface area contributed by atoms with Gasteiger partial charge in [0.05, 0.1) is 7.11 Å². The minimum atomic E-state index is 0.0642. The topological polar surface area (TPSA) is 50.8 Å². The van der Waals surface area contributed by atoms with Gasteiger partial charge in [-0.3, -0.25) is 0 Å². The molecule has 134 valence electrons. The van der Waals surface area contributed by atoms with Gasteiger partial charge in [-0.05, 0) is 55.7 Å². The Kier molecular flexibility index (Phi) is 7.89. The van der Waals surface area contributed by atoms with Gasteiger partial charge in [0.1, 0.15) is 5.75 Å². The van der Waals surface area contributed by atoms with Crippen LogP contribution in [-0.2, 0) is 11.2 Å². The van der Waals surface area contributed by atoms with Crippen LogP contribution < -0.4 is 10.1 Å². The third-order valence-electron chi connectivity index (χ3n) is 4.59. The van der Waals surface area contributed by atoms with Gasteiger partial charge < -0.3 is 19.7 Å². The zero-order valence-electron chi connectivity index (χ0n) is 14.9. The average molecular weight is 334 g/mol. The Labute approximate surface area is 145 Å². The fraction of sp³-hybridized carbons (Fsp3) is 0.632. The van der Waals surface area contributed by atoms with Crippen molar-refractivity contribution < 1.29 is 14.3 Å². The summed E-state index contributed by atoms with van der Waals surface area (Å²) in [6, 6.07) is 8.04. The number of hydrogen-bond donors (Lipinski definition) is 1. The molecule has 2 amide bonds. The molecule has 1 fully saturated rings. The number of piperidine rings is 1. The predicted molar refractivity (Wildman–Crippen MR) is 95.5 cm³/mol. The highest BCUT2D eigenvalue weighted by molar-refractivity contribution is 5.74. The highest BCUT2D eigenvalue weighted by Gasteiger charge is 2.22. The smallest absolute Gasteiger partial charge is 0.317 e. The van der Waals surface area contributed by atoms with Crippen molar-refractivity contribution in [2.45, 2.75) is 32.1 Å². The summed E-state index contributed by atoms with van der Waals surface area (Å²) in [7, 11) is 3.41. The molecule has 1 aromatic carbocycles. The zero-order valence-corrected chi connectivity index (χ0v) is 14.9. The lowest BCUT2D eigenvalue weighted by Crippen LogP contribution is -2.46. The molecular formula is C19H30N2O3. The van der Waals surface area contributed by atoms with Crippen LogP contribution in [0.5, 0.6) is 5.75 Å². The molecule has 24 heavy (non-hydrogen) atoms. The van der Waals surface area contributed by atoms with Crippen molar-refractivity contribution in [3.8, 4) is 5.75 Å². The van der Waals surface area contributed by atoms with E-state index in [0.29, 0.717) is 12.5 Å². The number of hydrogen-bond acceptors (Lipinski definition) is 3. The number of nitrogens with one attached hydrogen (secondary N) is 1. The average Bonchev–Trinajstić information content (AvgIpc) is 2.62. The van der Waals surface area contributed by atoms with Gasteiger partial charge in [0, 0.05) is 33.4 Å². The minimum absolute atomic E-state index is 0.0642. The number of rotatable bonds is 8. The number of amides is 2. The van der Waals surface area contributed by atoms with Crippen LogP contribution in [0.15, 0.2) is 24.3 Å². The molecule has 0 bridgehead atoms. The third kappa shape index (κ3) is 6.04. The summed E-state index contributed by atoms with van der Waals surface area (Å²) in [6.07, 6.45) is 5.35. The van der Waals surface area contributed by atoms with Crippen molar-refractivity contribution in [2.75, 3.05) is 40.5 Å². The third-order valence-corrected chi connectivity index (χ3v) is 4.59. The van der Waals surface area contributed by atoms with Crippen LogP contribution in [0.3, 0.4) is 0 Å². The lowest BCUT2D eigenvalue weighted by Gasteiger charge is -2.32. The maximum absolute atomic E-state index is 12.4. The summed E-state index contributed by atoms with van der Waals surface area (Å²) < 4.78 is 10.3. The van der Waals surface area contributed by atoms with Crippen LogP contribution in [-0.4, -0.2) is 51.4 Å². The number of likely N-dealkylation sites (tertiary alicyclic amines) is 1. The molecule has 1 aliphatic rings. The second-order valence-electron chi connectivity index (χ2n) is 6.42. The van der Waals surface area contributed by atoms with E-state index in [-0.39, 0.29) is 6.03 Å². The molecule has 5 heteroatoms. The first-order valence-electron chi connectivity index (χ1n) is 8.87. The molecule has 1 saturated heterocycles. The number of ether oxygens (including phenoxy) is 2. The first kappa shape index (κ1) is 18.6. The maximum Gasteiger partial charge on any atom is 0.317 e. The summed E-state index contributed by atoms with van der Waals surface area (Å²) >= 11 is 0. The lowest BCUT2D eigenvalue weighted by molar-refractivity contribution is 0.149. The van der Waals surface area contributed by atoms with E-state index in [4.69, 9.17) is 9.47 Å². The van der Waals surface area contributed by atoms with E-state index >= 15 is 0 Å². The van der Waals surface area contributed by atoms with Crippen molar-refractivity contribution in [2.24, 2.45) is 5.92 Å². The van der Waals surface area contributed by atoms with E-state index in [2.05, 4.69) is 11.4 Å². The Morgan fingerprint density at radius 3 is 3.04 bits per heavy atom. The molecule has 1 unspecified atom stereocenters. The lowest BCUT2D eigenvalue weighted by atomic mass is 9.94. The van der Waals surface area contributed by atoms with E-state index < -0.39 is 0 Å². The van der Waals surface area contributed by atoms with E-state index in [9.17, 15) is 4.79 Å². The quantitative estimate of drug-likeness (QED) is 0.743. The van der Waals surface area contributed by atoms with Gasteiger partial charge >= 0.3 is 6.03 Å². The molecule has 0 radical (unpaired) electrons. The Bertz CT molecular complexity index is 507. The largest absolute Gasteiger partial charge is 0.497 e. The van der Waals surface area contributed by atoms with Crippen LogP contribution >= 0.6 is 0 Å². The standard InChI is InChI=1S/C19H30N2O3/c1-23-13-5-8-17-7-4-12-21(15-17)19(22)20-11-10-16-6-3-9-18(14-16)24-2/h3,6,9,14,17H,4-5,7-8,10-13,15H2,1-2H3,(H,20,22). The van der Waals surface area contributed by atoms with Gasteiger partial charge in [-0.15, -0.1) is 0 Å². The van der Waals surface area contributed by atoms with Crippen LogP contribution in [0, 0.1) is 5.92 Å². The Balaban J connectivity index is 1.71. The molecule has 0 aliphatic carbocycles. The molecule has 0 saturated carbocycles. The van der Waals surface area contributed by atoms with Crippen molar-refractivity contribution in [3.63, 3.8) is 0 Å². The first-order valence-corrected chi connectivity index (χ1v) is 8.87. The number of urea groups is 1. The Morgan fingerprint density at radius 2 is 2.25 bits per heavy atom. The van der Waals surface area contributed by atoms with E-state index in [0.717, 1.165) is 51.1 Å². The maximum atomic E-state index is 12.4. The van der Waals surface area contributed by atoms with Crippen molar-refractivity contribution in [3.05, 3.63) is 29.8 Å². The summed E-state index contributed by atoms with van der Waals surface area (Å²) in [6.45, 7) is 3.19. The zero-order chi connectivity index (χ0) is 17.2. The second kappa shape index (κ2) is 10.2. The highest BCUT2D eigenvalue weighted by Crippen LogP contribution is 2.21. The van der Waals surface area contributed by atoms with Crippen molar-refractivity contribution >= 4 is 6.03 Å². The normalized spacial score (nSPS) is 17.6. The molecular weight excluding hydrogens is 304 g/mol. The minimum Gasteiger partial charge on any atom is -0.497 e. The van der Waals surface area contributed by atoms with E-state index in [1.807, 2.05) is 23.1 Å². The molecule has 1 heterocycles. The van der Waals surface area contributed by atoms with Crippen LogP contribution in [0.1, 0.15) is 31.2 Å². The summed E-state index contributed by atoms with van der Waals surface area (Å²) in [4.78, 5) is 14.3. The molecule has 1 atom stereocenters. The van der Waals surface area contributed by atoms with E-state index in [1.165, 1.54) is 12.0 Å². The van der Waals surface area contributed by atoms with Gasteiger partial charge in [0.15, 0.2) is 0 Å². The Hall–Kier alpha value is -1.75. The van der Waals surface area contributed by atoms with Crippen LogP contribution in [0.25, 0.3) is 0 Å². The van der Waals surface area contributed by atoms with Gasteiger partial charge in [-0.1, -0.05) is 12.1 Å². The Morgan fingerprint density at radius 1 is 1.38 bits per heavy atom. The number of methoxy groups -OCH3 is 2. The highest BCUT2D eigenvalue weighted by atomic mass is 16.5. The second-order valence-corrected chi connectivity index (χ2v) is 6.42. The SMILES string of the molecule is COCCCC1CCCN(C(=O)NCCc2cccc(OC)c2)C1. The fourth-order valence-electron chi connectivity index (χ4n) is 3.26.